The van der Waals surface area contributed by atoms with Crippen molar-refractivity contribution in [2.24, 2.45) is 0 Å². The first-order valence-corrected chi connectivity index (χ1v) is 10.3. The van der Waals surface area contributed by atoms with Crippen LogP contribution in [0.25, 0.3) is 0 Å². The molecule has 8 heteroatoms. The summed E-state index contributed by atoms with van der Waals surface area (Å²) in [6, 6.07) is 5.40. The van der Waals surface area contributed by atoms with E-state index in [1.165, 1.54) is 11.8 Å². The first-order chi connectivity index (χ1) is 14.2. The number of alkyl carbamates (subject to hydrolysis) is 1. The number of ether oxygens (including phenoxy) is 1. The van der Waals surface area contributed by atoms with Gasteiger partial charge in [-0.25, -0.2) is 4.79 Å². The maximum atomic E-state index is 13.2. The molecule has 2 N–H and O–H groups in total. The molecular formula is C23H34N4O4. The smallest absolute Gasteiger partial charge is 0.408 e. The van der Waals surface area contributed by atoms with Gasteiger partial charge >= 0.3 is 6.09 Å². The lowest BCUT2D eigenvalue weighted by atomic mass is 9.98. The second-order valence-electron chi connectivity index (χ2n) is 8.98. The highest BCUT2D eigenvalue weighted by molar-refractivity contribution is 5.92. The summed E-state index contributed by atoms with van der Waals surface area (Å²) in [4.78, 5) is 39.6. The molecule has 1 rings (SSSR count). The molecule has 31 heavy (non-hydrogen) atoms. The number of nitrogens with one attached hydrogen (secondary N) is 2. The van der Waals surface area contributed by atoms with Gasteiger partial charge in [-0.1, -0.05) is 29.3 Å². The molecule has 0 aromatic heterocycles. The van der Waals surface area contributed by atoms with E-state index in [1.807, 2.05) is 52.0 Å². The van der Waals surface area contributed by atoms with Crippen LogP contribution < -0.4 is 10.6 Å². The summed E-state index contributed by atoms with van der Waals surface area (Å²) >= 11 is 0. The Morgan fingerprint density at radius 2 is 1.61 bits per heavy atom. The molecule has 0 aliphatic carbocycles. The Kier molecular flexibility index (Phi) is 9.04. The molecule has 0 heterocycles. The molecule has 1 aromatic rings. The third-order valence-corrected chi connectivity index (χ3v) is 4.18. The van der Waals surface area contributed by atoms with Crippen LogP contribution in [0.2, 0.25) is 0 Å². The highest BCUT2D eigenvalue weighted by Gasteiger charge is 2.35. The van der Waals surface area contributed by atoms with Crippen LogP contribution in [0.4, 0.5) is 4.79 Å². The fourth-order valence-corrected chi connectivity index (χ4v) is 3.17. The number of hydrogen-bond acceptors (Lipinski definition) is 5. The molecule has 170 valence electrons. The summed E-state index contributed by atoms with van der Waals surface area (Å²) in [6.45, 7) is 13.8. The first-order valence-electron chi connectivity index (χ1n) is 10.3. The van der Waals surface area contributed by atoms with Crippen LogP contribution in [-0.4, -0.2) is 47.0 Å². The lowest BCUT2D eigenvalue weighted by Crippen LogP contribution is -2.52. The van der Waals surface area contributed by atoms with E-state index in [2.05, 4.69) is 10.6 Å². The Bertz CT molecular complexity index is 832. The minimum Gasteiger partial charge on any atom is -0.444 e. The van der Waals surface area contributed by atoms with Crippen molar-refractivity contribution in [3.63, 3.8) is 0 Å². The van der Waals surface area contributed by atoms with E-state index < -0.39 is 35.6 Å². The zero-order valence-electron chi connectivity index (χ0n) is 19.7. The largest absolute Gasteiger partial charge is 0.444 e. The SMILES string of the molecule is Cc1cc(C)cc(C(C(=O)NC(C)C)N(CC#N)C(=O)C(C)NC(=O)OC(C)(C)C)c1. The van der Waals surface area contributed by atoms with Gasteiger partial charge in [0.2, 0.25) is 11.8 Å². The van der Waals surface area contributed by atoms with Gasteiger partial charge in [-0.2, -0.15) is 5.26 Å². The summed E-state index contributed by atoms with van der Waals surface area (Å²) in [5, 5.41) is 14.7. The van der Waals surface area contributed by atoms with Crippen molar-refractivity contribution in [3.8, 4) is 6.07 Å². The van der Waals surface area contributed by atoms with E-state index in [-0.39, 0.29) is 12.6 Å². The summed E-state index contributed by atoms with van der Waals surface area (Å²) < 4.78 is 5.21. The molecular weight excluding hydrogens is 396 g/mol. The third-order valence-electron chi connectivity index (χ3n) is 4.18. The van der Waals surface area contributed by atoms with Gasteiger partial charge in [0, 0.05) is 6.04 Å². The van der Waals surface area contributed by atoms with Gasteiger partial charge in [-0.15, -0.1) is 0 Å². The van der Waals surface area contributed by atoms with Gasteiger partial charge in [0.25, 0.3) is 0 Å². The molecule has 0 aliphatic heterocycles. The predicted molar refractivity (Wildman–Crippen MR) is 118 cm³/mol. The third kappa shape index (κ3) is 8.28. The van der Waals surface area contributed by atoms with E-state index >= 15 is 0 Å². The van der Waals surface area contributed by atoms with Crippen molar-refractivity contribution >= 4 is 17.9 Å². The van der Waals surface area contributed by atoms with Gasteiger partial charge in [-0.3, -0.25) is 9.59 Å². The summed E-state index contributed by atoms with van der Waals surface area (Å²) in [6.07, 6.45) is -0.750. The van der Waals surface area contributed by atoms with Crippen LogP contribution in [0.3, 0.4) is 0 Å². The Hall–Kier alpha value is -3.08. The van der Waals surface area contributed by atoms with Crippen molar-refractivity contribution in [2.45, 2.75) is 79.1 Å². The number of rotatable bonds is 7. The van der Waals surface area contributed by atoms with Crippen molar-refractivity contribution < 1.29 is 19.1 Å². The maximum Gasteiger partial charge on any atom is 0.408 e. The van der Waals surface area contributed by atoms with Crippen molar-refractivity contribution in [1.29, 1.82) is 5.26 Å². The highest BCUT2D eigenvalue weighted by Crippen LogP contribution is 2.25. The predicted octanol–water partition coefficient (Wildman–Crippen LogP) is 3.13. The van der Waals surface area contributed by atoms with E-state index in [0.717, 1.165) is 11.1 Å². The number of nitrogens with zero attached hydrogens (tertiary/aromatic N) is 2. The van der Waals surface area contributed by atoms with E-state index in [0.29, 0.717) is 5.56 Å². The molecule has 0 aliphatic rings. The maximum absolute atomic E-state index is 13.2. The summed E-state index contributed by atoms with van der Waals surface area (Å²) in [5.41, 5.74) is 1.74. The van der Waals surface area contributed by atoms with Gasteiger partial charge < -0.3 is 20.3 Å². The number of amides is 3. The Morgan fingerprint density at radius 1 is 1.06 bits per heavy atom. The molecule has 2 unspecified atom stereocenters. The quantitative estimate of drug-likeness (QED) is 0.646. The second kappa shape index (κ2) is 10.8. The lowest BCUT2D eigenvalue weighted by Gasteiger charge is -2.32. The molecule has 0 bridgehead atoms. The number of benzene rings is 1. The minimum absolute atomic E-state index is 0.155. The number of carbonyl (C=O) groups is 3. The molecule has 0 radical (unpaired) electrons. The summed E-state index contributed by atoms with van der Waals surface area (Å²) in [5.74, 6) is -0.955. The van der Waals surface area contributed by atoms with Crippen molar-refractivity contribution in [1.82, 2.24) is 15.5 Å². The van der Waals surface area contributed by atoms with Crippen LogP contribution in [0.15, 0.2) is 18.2 Å². The topological polar surface area (TPSA) is 112 Å². The Morgan fingerprint density at radius 3 is 2.06 bits per heavy atom. The van der Waals surface area contributed by atoms with E-state index in [1.54, 1.807) is 20.8 Å². The summed E-state index contributed by atoms with van der Waals surface area (Å²) in [7, 11) is 0. The van der Waals surface area contributed by atoms with E-state index in [9.17, 15) is 19.6 Å². The number of nitriles is 1. The normalized spacial score (nSPS) is 13.0. The Balaban J connectivity index is 3.31. The average molecular weight is 431 g/mol. The number of aryl methyl sites for hydroxylation is 2. The van der Waals surface area contributed by atoms with Gasteiger partial charge in [0.15, 0.2) is 0 Å². The first kappa shape index (κ1) is 26.0. The van der Waals surface area contributed by atoms with Crippen LogP contribution in [0.5, 0.6) is 0 Å². The van der Waals surface area contributed by atoms with E-state index in [4.69, 9.17) is 4.74 Å². The zero-order chi connectivity index (χ0) is 23.9. The number of carbonyl (C=O) groups excluding carboxylic acids is 3. The molecule has 3 amide bonds. The highest BCUT2D eigenvalue weighted by atomic mass is 16.6. The van der Waals surface area contributed by atoms with Gasteiger partial charge in [-0.05, 0) is 61.0 Å². The monoisotopic (exact) mass is 430 g/mol. The van der Waals surface area contributed by atoms with Crippen LogP contribution in [0, 0.1) is 25.2 Å². The lowest BCUT2D eigenvalue weighted by molar-refractivity contribution is -0.141. The standard InChI is InChI=1S/C23H34N4O4/c1-14(2)25-20(28)19(18-12-15(3)11-16(4)13-18)27(10-9-24)21(29)17(5)26-22(30)31-23(6,7)8/h11-14,17,19H,10H2,1-8H3,(H,25,28)(H,26,30). The molecule has 0 fully saturated rings. The fraction of sp³-hybridized carbons (Fsp3) is 0.565. The van der Waals surface area contributed by atoms with Gasteiger partial charge in [0.1, 0.15) is 24.2 Å². The molecule has 0 saturated carbocycles. The fourth-order valence-electron chi connectivity index (χ4n) is 3.17. The van der Waals surface area contributed by atoms with Crippen LogP contribution in [0.1, 0.15) is 64.3 Å². The van der Waals surface area contributed by atoms with Crippen molar-refractivity contribution in [3.05, 3.63) is 34.9 Å². The minimum atomic E-state index is -1.02. The number of hydrogen-bond donors (Lipinski definition) is 2. The molecule has 0 saturated heterocycles. The molecule has 0 spiro atoms. The van der Waals surface area contributed by atoms with Crippen LogP contribution in [-0.2, 0) is 14.3 Å². The Labute approximate surface area is 184 Å². The zero-order valence-corrected chi connectivity index (χ0v) is 19.7. The average Bonchev–Trinajstić information content (AvgIpc) is 2.57. The second-order valence-corrected chi connectivity index (χ2v) is 8.98. The molecule has 8 nitrogen and oxygen atoms in total. The molecule has 2 atom stereocenters. The van der Waals surface area contributed by atoms with Crippen LogP contribution >= 0.6 is 0 Å². The van der Waals surface area contributed by atoms with Gasteiger partial charge in [0.05, 0.1) is 6.07 Å². The van der Waals surface area contributed by atoms with Crippen molar-refractivity contribution in [2.75, 3.05) is 6.54 Å². The molecule has 1 aromatic carbocycles.